The number of sulfone groups is 1. The van der Waals surface area contributed by atoms with Gasteiger partial charge in [-0.3, -0.25) is 4.90 Å². The first-order valence-electron chi connectivity index (χ1n) is 9.00. The van der Waals surface area contributed by atoms with Crippen LogP contribution in [0.2, 0.25) is 5.02 Å². The molecule has 9 heteroatoms. The van der Waals surface area contributed by atoms with Gasteiger partial charge in [0.15, 0.2) is 9.84 Å². The summed E-state index contributed by atoms with van der Waals surface area (Å²) >= 11 is 7.52. The lowest BCUT2D eigenvalue weighted by Gasteiger charge is -2.41. The van der Waals surface area contributed by atoms with Crippen molar-refractivity contribution in [2.45, 2.75) is 6.04 Å². The molecule has 0 spiro atoms. The second kappa shape index (κ2) is 8.19. The number of hydrogen-bond donors (Lipinski definition) is 0. The van der Waals surface area contributed by atoms with Crippen LogP contribution in [0.4, 0.5) is 8.78 Å². The number of halogens is 3. The summed E-state index contributed by atoms with van der Waals surface area (Å²) in [6.07, 6.45) is 2.77. The molecule has 0 amide bonds. The van der Waals surface area contributed by atoms with Crippen LogP contribution in [0.1, 0.15) is 22.2 Å². The molecular formula is C21H17ClF2N2O2S2. The number of rotatable bonds is 5. The molecule has 0 unspecified atom stereocenters. The Labute approximate surface area is 182 Å². The lowest BCUT2D eigenvalue weighted by Crippen LogP contribution is -2.44. The zero-order chi connectivity index (χ0) is 21.5. The Bertz CT molecular complexity index is 1180. The average Bonchev–Trinajstić information content (AvgIpc) is 3.13. The minimum atomic E-state index is -3.70. The largest absolute Gasteiger partial charge is 0.282 e. The number of likely N-dealkylation sites (tertiary alicyclic amines) is 1. The van der Waals surface area contributed by atoms with Gasteiger partial charge < -0.3 is 0 Å². The fourth-order valence-corrected chi connectivity index (χ4v) is 5.78. The minimum absolute atomic E-state index is 0.0221. The lowest BCUT2D eigenvalue weighted by atomic mass is 9.97. The maximum atomic E-state index is 13.7. The predicted octanol–water partition coefficient (Wildman–Crippen LogP) is 4.94. The first kappa shape index (κ1) is 21.1. The van der Waals surface area contributed by atoms with Gasteiger partial charge in [-0.15, -0.1) is 11.3 Å². The molecule has 2 heterocycles. The van der Waals surface area contributed by atoms with Crippen molar-refractivity contribution in [2.75, 3.05) is 19.3 Å². The third-order valence-electron chi connectivity index (χ3n) is 4.84. The van der Waals surface area contributed by atoms with E-state index in [0.717, 1.165) is 35.0 Å². The molecular weight excluding hydrogens is 450 g/mol. The highest BCUT2D eigenvalue weighted by Crippen LogP contribution is 2.39. The second-order valence-electron chi connectivity index (χ2n) is 7.09. The van der Waals surface area contributed by atoms with Crippen LogP contribution in [-0.4, -0.2) is 37.6 Å². The van der Waals surface area contributed by atoms with Gasteiger partial charge >= 0.3 is 0 Å². The number of aromatic nitrogens is 1. The Balaban J connectivity index is 1.71. The van der Waals surface area contributed by atoms with Gasteiger partial charge in [0, 0.05) is 42.0 Å². The van der Waals surface area contributed by atoms with E-state index in [1.807, 2.05) is 17.5 Å². The zero-order valence-electron chi connectivity index (χ0n) is 15.8. The van der Waals surface area contributed by atoms with E-state index in [0.29, 0.717) is 23.7 Å². The Kier molecular flexibility index (Phi) is 5.76. The third kappa shape index (κ3) is 4.32. The molecule has 1 fully saturated rings. The van der Waals surface area contributed by atoms with Crippen LogP contribution in [-0.2, 0) is 9.84 Å². The van der Waals surface area contributed by atoms with Crippen LogP contribution in [0.3, 0.4) is 0 Å². The first-order chi connectivity index (χ1) is 14.2. The van der Waals surface area contributed by atoms with Crippen LogP contribution in [0, 0.1) is 11.6 Å². The Morgan fingerprint density at radius 2 is 1.77 bits per heavy atom. The Morgan fingerprint density at radius 1 is 1.13 bits per heavy atom. The van der Waals surface area contributed by atoms with E-state index in [1.165, 1.54) is 11.3 Å². The van der Waals surface area contributed by atoms with E-state index in [9.17, 15) is 17.2 Å². The average molecular weight is 467 g/mol. The van der Waals surface area contributed by atoms with Crippen molar-refractivity contribution < 1.29 is 17.2 Å². The molecule has 1 aliphatic rings. The number of hydrogen-bond acceptors (Lipinski definition) is 5. The van der Waals surface area contributed by atoms with Crippen LogP contribution >= 0.6 is 22.9 Å². The van der Waals surface area contributed by atoms with Crippen molar-refractivity contribution in [3.63, 3.8) is 0 Å². The summed E-state index contributed by atoms with van der Waals surface area (Å²) < 4.78 is 52.4. The van der Waals surface area contributed by atoms with E-state index in [4.69, 9.17) is 11.6 Å². The SMILES string of the molecule is CS(=O)(=O)C(=C1CN([C@@H](c2ccc(Cl)cc2)c2nccs2)C1)c1cc(F)cc(F)c1. The van der Waals surface area contributed by atoms with Crippen molar-refractivity contribution in [2.24, 2.45) is 0 Å². The molecule has 2 aromatic carbocycles. The van der Waals surface area contributed by atoms with Crippen LogP contribution in [0.15, 0.2) is 59.6 Å². The van der Waals surface area contributed by atoms with Crippen molar-refractivity contribution in [3.05, 3.63) is 92.4 Å². The highest BCUT2D eigenvalue weighted by molar-refractivity contribution is 8.00. The molecule has 0 N–H and O–H groups in total. The van der Waals surface area contributed by atoms with Crippen molar-refractivity contribution in [1.82, 2.24) is 9.88 Å². The summed E-state index contributed by atoms with van der Waals surface area (Å²) in [6.45, 7) is 0.681. The molecule has 0 saturated carbocycles. The molecule has 1 saturated heterocycles. The standard InChI is InChI=1S/C21H17ClF2N2O2S2/c1-30(27,28)20(14-8-17(23)10-18(24)9-14)15-11-26(12-15)19(21-25-6-7-29-21)13-2-4-16(22)5-3-13/h2-10,19H,11-12H2,1H3/t19-/m0/s1. The van der Waals surface area contributed by atoms with Gasteiger partial charge in [0.2, 0.25) is 0 Å². The summed E-state index contributed by atoms with van der Waals surface area (Å²) in [7, 11) is -3.70. The molecule has 30 heavy (non-hydrogen) atoms. The molecule has 4 rings (SSSR count). The monoisotopic (exact) mass is 466 g/mol. The Hall–Kier alpha value is -2.13. The first-order valence-corrected chi connectivity index (χ1v) is 12.1. The van der Waals surface area contributed by atoms with Crippen LogP contribution < -0.4 is 0 Å². The maximum Gasteiger partial charge on any atom is 0.176 e. The van der Waals surface area contributed by atoms with E-state index in [-0.39, 0.29) is 16.5 Å². The van der Waals surface area contributed by atoms with Crippen LogP contribution in [0.25, 0.3) is 4.91 Å². The van der Waals surface area contributed by atoms with Gasteiger partial charge in [0.1, 0.15) is 16.6 Å². The normalized spacial score (nSPS) is 15.7. The quantitative estimate of drug-likeness (QED) is 0.534. The van der Waals surface area contributed by atoms with E-state index in [2.05, 4.69) is 9.88 Å². The van der Waals surface area contributed by atoms with Gasteiger partial charge in [-0.05, 0) is 41.0 Å². The van der Waals surface area contributed by atoms with Gasteiger partial charge in [-0.2, -0.15) is 0 Å². The summed E-state index contributed by atoms with van der Waals surface area (Å²) in [5, 5.41) is 3.37. The van der Waals surface area contributed by atoms with E-state index in [1.54, 1.807) is 18.3 Å². The fraction of sp³-hybridized carbons (Fsp3) is 0.190. The summed E-state index contributed by atoms with van der Waals surface area (Å²) in [6, 6.07) is 10.1. The number of nitrogens with zero attached hydrogens (tertiary/aromatic N) is 2. The fourth-order valence-electron chi connectivity index (χ4n) is 3.66. The van der Waals surface area contributed by atoms with Crippen molar-refractivity contribution >= 4 is 37.7 Å². The zero-order valence-corrected chi connectivity index (χ0v) is 18.2. The highest BCUT2D eigenvalue weighted by atomic mass is 35.5. The molecule has 0 aliphatic carbocycles. The summed E-state index contributed by atoms with van der Waals surface area (Å²) in [5.41, 5.74) is 1.62. The van der Waals surface area contributed by atoms with E-state index < -0.39 is 21.5 Å². The topological polar surface area (TPSA) is 50.3 Å². The Morgan fingerprint density at radius 3 is 2.30 bits per heavy atom. The second-order valence-corrected chi connectivity index (χ2v) is 10.4. The molecule has 1 atom stereocenters. The lowest BCUT2D eigenvalue weighted by molar-refractivity contribution is 0.203. The van der Waals surface area contributed by atoms with Crippen LogP contribution in [0.5, 0.6) is 0 Å². The third-order valence-corrected chi connectivity index (χ3v) is 7.19. The van der Waals surface area contributed by atoms with Gasteiger partial charge in [0.05, 0.1) is 10.9 Å². The smallest absolute Gasteiger partial charge is 0.176 e. The van der Waals surface area contributed by atoms with Crippen molar-refractivity contribution in [1.29, 1.82) is 0 Å². The van der Waals surface area contributed by atoms with Gasteiger partial charge in [0.25, 0.3) is 0 Å². The molecule has 4 nitrogen and oxygen atoms in total. The molecule has 1 aromatic heterocycles. The maximum absolute atomic E-state index is 13.7. The minimum Gasteiger partial charge on any atom is -0.282 e. The molecule has 0 radical (unpaired) electrons. The predicted molar refractivity (Wildman–Crippen MR) is 115 cm³/mol. The van der Waals surface area contributed by atoms with Gasteiger partial charge in [-0.25, -0.2) is 22.2 Å². The highest BCUT2D eigenvalue weighted by Gasteiger charge is 2.35. The van der Waals surface area contributed by atoms with Crippen molar-refractivity contribution in [3.8, 4) is 0 Å². The number of thiazole rings is 1. The summed E-state index contributed by atoms with van der Waals surface area (Å²) in [5.74, 6) is -1.63. The van der Waals surface area contributed by atoms with Gasteiger partial charge in [-0.1, -0.05) is 23.7 Å². The molecule has 1 aliphatic heterocycles. The molecule has 156 valence electrons. The number of benzene rings is 2. The molecule has 0 bridgehead atoms. The molecule has 3 aromatic rings. The van der Waals surface area contributed by atoms with E-state index >= 15 is 0 Å². The summed E-state index contributed by atoms with van der Waals surface area (Å²) in [4.78, 5) is 6.47.